The molecule has 6 heteroatoms. The number of hydrogen-bond donors (Lipinski definition) is 1. The molecule has 0 aliphatic carbocycles. The number of para-hydroxylation sites is 1. The van der Waals surface area contributed by atoms with E-state index in [0.29, 0.717) is 6.42 Å². The maximum Gasteiger partial charge on any atom is 0.377 e. The Hall–Kier alpha value is -2.37. The second-order valence-electron chi connectivity index (χ2n) is 3.68. The second-order valence-corrected chi connectivity index (χ2v) is 3.68. The van der Waals surface area contributed by atoms with Crippen LogP contribution in [-0.4, -0.2) is 21.2 Å². The van der Waals surface area contributed by atoms with Crippen LogP contribution in [0.4, 0.5) is 0 Å². The lowest BCUT2D eigenvalue weighted by molar-refractivity contribution is 0.0680. The standard InChI is InChI=1S/C11H8N2O4/c14-11(15)9-12-10(17-13-9)8-5-6-3-1-2-4-7(6)16-8/h1-4,8H,5H2,(H,14,15). The van der Waals surface area contributed by atoms with E-state index in [4.69, 9.17) is 14.4 Å². The summed E-state index contributed by atoms with van der Waals surface area (Å²) in [4.78, 5) is 14.4. The lowest BCUT2D eigenvalue weighted by Gasteiger charge is -2.03. The first-order valence-corrected chi connectivity index (χ1v) is 5.05. The summed E-state index contributed by atoms with van der Waals surface area (Å²) in [6.45, 7) is 0. The number of carboxylic acid groups (broad SMARTS) is 1. The van der Waals surface area contributed by atoms with Gasteiger partial charge in [-0.3, -0.25) is 0 Å². The van der Waals surface area contributed by atoms with Crippen molar-refractivity contribution in [2.24, 2.45) is 0 Å². The van der Waals surface area contributed by atoms with Crippen LogP contribution in [0.2, 0.25) is 0 Å². The van der Waals surface area contributed by atoms with Gasteiger partial charge in [0, 0.05) is 6.42 Å². The Bertz CT molecular complexity index is 553. The minimum Gasteiger partial charge on any atom is -0.480 e. The summed E-state index contributed by atoms with van der Waals surface area (Å²) < 4.78 is 10.5. The van der Waals surface area contributed by atoms with Crippen LogP contribution in [0.15, 0.2) is 28.8 Å². The average Bonchev–Trinajstić information content (AvgIpc) is 2.95. The summed E-state index contributed by atoms with van der Waals surface area (Å²) in [5, 5.41) is 12.0. The van der Waals surface area contributed by atoms with Crippen molar-refractivity contribution in [1.82, 2.24) is 10.1 Å². The molecule has 1 aromatic heterocycles. The Morgan fingerprint density at radius 3 is 2.94 bits per heavy atom. The number of rotatable bonds is 2. The van der Waals surface area contributed by atoms with Gasteiger partial charge in [0.2, 0.25) is 0 Å². The quantitative estimate of drug-likeness (QED) is 0.843. The maximum atomic E-state index is 10.6. The Balaban J connectivity index is 1.86. The van der Waals surface area contributed by atoms with Crippen LogP contribution in [0.1, 0.15) is 28.2 Å². The molecule has 6 nitrogen and oxygen atoms in total. The van der Waals surface area contributed by atoms with Gasteiger partial charge in [-0.15, -0.1) is 0 Å². The van der Waals surface area contributed by atoms with Gasteiger partial charge in [0.25, 0.3) is 11.7 Å². The number of carboxylic acids is 1. The highest BCUT2D eigenvalue weighted by Crippen LogP contribution is 2.35. The summed E-state index contributed by atoms with van der Waals surface area (Å²) in [6.07, 6.45) is 0.213. The van der Waals surface area contributed by atoms with Gasteiger partial charge < -0.3 is 14.4 Å². The summed E-state index contributed by atoms with van der Waals surface area (Å²) in [5.74, 6) is -0.596. The van der Waals surface area contributed by atoms with E-state index < -0.39 is 12.1 Å². The van der Waals surface area contributed by atoms with Gasteiger partial charge in [-0.2, -0.15) is 4.98 Å². The van der Waals surface area contributed by atoms with Crippen molar-refractivity contribution in [3.8, 4) is 5.75 Å². The third kappa shape index (κ3) is 1.63. The van der Waals surface area contributed by atoms with E-state index in [2.05, 4.69) is 10.1 Å². The largest absolute Gasteiger partial charge is 0.480 e. The van der Waals surface area contributed by atoms with Gasteiger partial charge in [-0.1, -0.05) is 18.2 Å². The minimum absolute atomic E-state index is 0.193. The highest BCUT2D eigenvalue weighted by molar-refractivity contribution is 5.82. The number of ether oxygens (including phenoxy) is 1. The zero-order chi connectivity index (χ0) is 11.8. The van der Waals surface area contributed by atoms with Gasteiger partial charge in [-0.05, 0) is 16.8 Å². The predicted molar refractivity (Wildman–Crippen MR) is 54.8 cm³/mol. The fourth-order valence-electron chi connectivity index (χ4n) is 1.77. The first-order valence-electron chi connectivity index (χ1n) is 5.05. The Morgan fingerprint density at radius 2 is 2.24 bits per heavy atom. The topological polar surface area (TPSA) is 85.5 Å². The Kier molecular flexibility index (Phi) is 2.07. The number of hydrogen-bond acceptors (Lipinski definition) is 5. The number of aromatic carboxylic acids is 1. The van der Waals surface area contributed by atoms with Crippen LogP contribution in [-0.2, 0) is 6.42 Å². The van der Waals surface area contributed by atoms with E-state index in [0.717, 1.165) is 11.3 Å². The van der Waals surface area contributed by atoms with Crippen molar-refractivity contribution in [1.29, 1.82) is 0 Å². The van der Waals surface area contributed by atoms with E-state index >= 15 is 0 Å². The molecule has 2 heterocycles. The number of fused-ring (bicyclic) bond motifs is 1. The summed E-state index contributed by atoms with van der Waals surface area (Å²) in [6, 6.07) is 7.59. The first kappa shape index (κ1) is 9.83. The van der Waals surface area contributed by atoms with Crippen molar-refractivity contribution in [2.45, 2.75) is 12.5 Å². The molecule has 17 heavy (non-hydrogen) atoms. The second kappa shape index (κ2) is 3.58. The van der Waals surface area contributed by atoms with Crippen LogP contribution in [0, 0.1) is 0 Å². The lowest BCUT2D eigenvalue weighted by atomic mass is 10.1. The van der Waals surface area contributed by atoms with E-state index in [-0.39, 0.29) is 11.7 Å². The molecular weight excluding hydrogens is 224 g/mol. The normalized spacial score (nSPS) is 17.5. The third-order valence-corrected chi connectivity index (χ3v) is 2.56. The molecule has 1 aliphatic heterocycles. The van der Waals surface area contributed by atoms with Crippen molar-refractivity contribution in [3.05, 3.63) is 41.5 Å². The molecule has 1 atom stereocenters. The molecule has 1 aliphatic rings. The number of aromatic nitrogens is 2. The van der Waals surface area contributed by atoms with Crippen molar-refractivity contribution < 1.29 is 19.2 Å². The van der Waals surface area contributed by atoms with E-state index in [1.54, 1.807) is 0 Å². The summed E-state index contributed by atoms with van der Waals surface area (Å²) >= 11 is 0. The maximum absolute atomic E-state index is 10.6. The molecule has 1 N–H and O–H groups in total. The molecule has 2 aromatic rings. The zero-order valence-electron chi connectivity index (χ0n) is 8.66. The molecule has 3 rings (SSSR count). The number of nitrogens with zero attached hydrogens (tertiary/aromatic N) is 2. The predicted octanol–water partition coefficient (Wildman–Crippen LogP) is 1.44. The van der Waals surface area contributed by atoms with Crippen LogP contribution < -0.4 is 4.74 Å². The van der Waals surface area contributed by atoms with Crippen molar-refractivity contribution in [3.63, 3.8) is 0 Å². The van der Waals surface area contributed by atoms with Gasteiger partial charge >= 0.3 is 5.97 Å². The Labute approximate surface area is 95.8 Å². The molecule has 1 unspecified atom stereocenters. The van der Waals surface area contributed by atoms with Crippen molar-refractivity contribution >= 4 is 5.97 Å². The van der Waals surface area contributed by atoms with Crippen LogP contribution in [0.3, 0.4) is 0 Å². The van der Waals surface area contributed by atoms with Gasteiger partial charge in [0.15, 0.2) is 6.10 Å². The summed E-state index contributed by atoms with van der Waals surface area (Å²) in [7, 11) is 0. The van der Waals surface area contributed by atoms with Gasteiger partial charge in [0.1, 0.15) is 5.75 Å². The summed E-state index contributed by atoms with van der Waals surface area (Å²) in [5.41, 5.74) is 1.05. The van der Waals surface area contributed by atoms with Gasteiger partial charge in [-0.25, -0.2) is 4.79 Å². The molecule has 0 bridgehead atoms. The minimum atomic E-state index is -1.21. The highest BCUT2D eigenvalue weighted by atomic mass is 16.5. The van der Waals surface area contributed by atoms with E-state index in [1.807, 2.05) is 24.3 Å². The molecule has 0 saturated carbocycles. The SMILES string of the molecule is O=C(O)c1noc(C2Cc3ccccc3O2)n1. The molecule has 1 aromatic carbocycles. The van der Waals surface area contributed by atoms with Crippen molar-refractivity contribution in [2.75, 3.05) is 0 Å². The zero-order valence-corrected chi connectivity index (χ0v) is 8.66. The molecule has 0 amide bonds. The fraction of sp³-hybridized carbons (Fsp3) is 0.182. The number of benzene rings is 1. The van der Waals surface area contributed by atoms with Crippen LogP contribution in [0.5, 0.6) is 5.75 Å². The smallest absolute Gasteiger partial charge is 0.377 e. The van der Waals surface area contributed by atoms with Gasteiger partial charge in [0.05, 0.1) is 0 Å². The Morgan fingerprint density at radius 1 is 1.41 bits per heavy atom. The third-order valence-electron chi connectivity index (χ3n) is 2.56. The molecule has 0 fully saturated rings. The fourth-order valence-corrected chi connectivity index (χ4v) is 1.77. The van der Waals surface area contributed by atoms with Crippen LogP contribution in [0.25, 0.3) is 0 Å². The molecule has 0 radical (unpaired) electrons. The average molecular weight is 232 g/mol. The molecule has 86 valence electrons. The van der Waals surface area contributed by atoms with Crippen LogP contribution >= 0.6 is 0 Å². The van der Waals surface area contributed by atoms with E-state index in [1.165, 1.54) is 0 Å². The molecular formula is C11H8N2O4. The first-order chi connectivity index (χ1) is 8.24. The monoisotopic (exact) mass is 232 g/mol. The molecule has 0 saturated heterocycles. The highest BCUT2D eigenvalue weighted by Gasteiger charge is 2.29. The number of carbonyl (C=O) groups is 1. The lowest BCUT2D eigenvalue weighted by Crippen LogP contribution is -2.05. The molecule has 0 spiro atoms. The van der Waals surface area contributed by atoms with E-state index in [9.17, 15) is 4.79 Å².